The number of thiophene rings is 1. The van der Waals surface area contributed by atoms with Gasteiger partial charge in [0.05, 0.1) is 17.3 Å². The second-order valence-electron chi connectivity index (χ2n) is 9.00. The van der Waals surface area contributed by atoms with Crippen LogP contribution in [0.25, 0.3) is 10.3 Å². The number of nitrogen functional groups attached to an aromatic ring is 1. The van der Waals surface area contributed by atoms with Crippen LogP contribution >= 0.6 is 11.3 Å². The maximum absolute atomic E-state index is 13.4. The Morgan fingerprint density at radius 2 is 2.12 bits per heavy atom. The van der Waals surface area contributed by atoms with Crippen LogP contribution in [0.1, 0.15) is 33.0 Å². The van der Waals surface area contributed by atoms with Gasteiger partial charge in [0, 0.05) is 37.1 Å². The smallest absolute Gasteiger partial charge is 0.263 e. The molecule has 11 heteroatoms. The molecule has 3 atom stereocenters. The van der Waals surface area contributed by atoms with Crippen LogP contribution in [0.4, 0.5) is 20.3 Å². The number of carbonyl (C=O) groups is 1. The molecular formula is C23H27F2N7OS. The topological polar surface area (TPSA) is 109 Å². The van der Waals surface area contributed by atoms with Gasteiger partial charge in [-0.2, -0.15) is 0 Å². The van der Waals surface area contributed by atoms with Crippen molar-refractivity contribution in [3.8, 4) is 0 Å². The van der Waals surface area contributed by atoms with Gasteiger partial charge in [0.25, 0.3) is 5.91 Å². The standard InChI is InChI=1S/C23H27F2N7OS/c1-11-8-28-19-18(26)20(34-23(19)29-11)22(33)30-13-4-5-15-12(7-13)3-6-17(31-15)32-9-14(21(24)25)16(10-32)27-2/h3,6,8,13-14,16,21,27H,4-5,7,9-10,26H2,1-2H3,(H,30,33). The largest absolute Gasteiger partial charge is 0.396 e. The minimum atomic E-state index is -2.37. The van der Waals surface area contributed by atoms with Gasteiger partial charge in [-0.05, 0) is 44.9 Å². The summed E-state index contributed by atoms with van der Waals surface area (Å²) in [6.45, 7) is 2.64. The van der Waals surface area contributed by atoms with Gasteiger partial charge in [-0.1, -0.05) is 6.07 Å². The number of aryl methyl sites for hydroxylation is 2. The van der Waals surface area contributed by atoms with E-state index in [4.69, 9.17) is 10.7 Å². The summed E-state index contributed by atoms with van der Waals surface area (Å²) >= 11 is 1.25. The molecule has 1 saturated heterocycles. The summed E-state index contributed by atoms with van der Waals surface area (Å²) < 4.78 is 26.8. The number of hydrogen-bond donors (Lipinski definition) is 3. The number of carbonyl (C=O) groups excluding carboxylic acids is 1. The lowest BCUT2D eigenvalue weighted by atomic mass is 9.91. The van der Waals surface area contributed by atoms with Gasteiger partial charge in [0.15, 0.2) is 0 Å². The number of halogens is 2. The highest BCUT2D eigenvalue weighted by Gasteiger charge is 2.38. The van der Waals surface area contributed by atoms with Crippen molar-refractivity contribution in [1.29, 1.82) is 0 Å². The number of fused-ring (bicyclic) bond motifs is 2. The van der Waals surface area contributed by atoms with Crippen molar-refractivity contribution in [3.63, 3.8) is 0 Å². The molecule has 1 amide bonds. The molecule has 34 heavy (non-hydrogen) atoms. The van der Waals surface area contributed by atoms with E-state index in [1.165, 1.54) is 11.3 Å². The molecule has 3 aromatic rings. The van der Waals surface area contributed by atoms with Crippen molar-refractivity contribution in [1.82, 2.24) is 25.6 Å². The quantitative estimate of drug-likeness (QED) is 0.508. The fourth-order valence-electron chi connectivity index (χ4n) is 4.87. The normalized spacial score (nSPS) is 22.4. The molecule has 3 aromatic heterocycles. The molecule has 4 heterocycles. The molecule has 2 aliphatic rings. The number of anilines is 2. The molecular weight excluding hydrogens is 460 g/mol. The summed E-state index contributed by atoms with van der Waals surface area (Å²) in [5, 5.41) is 6.10. The van der Waals surface area contributed by atoms with Gasteiger partial charge < -0.3 is 21.3 Å². The van der Waals surface area contributed by atoms with E-state index >= 15 is 0 Å². The molecule has 1 fully saturated rings. The van der Waals surface area contributed by atoms with Gasteiger partial charge in [0.1, 0.15) is 21.0 Å². The van der Waals surface area contributed by atoms with Crippen LogP contribution < -0.4 is 21.3 Å². The van der Waals surface area contributed by atoms with Crippen LogP contribution in [0.2, 0.25) is 0 Å². The predicted molar refractivity (Wildman–Crippen MR) is 129 cm³/mol. The third kappa shape index (κ3) is 4.18. The Bertz CT molecular complexity index is 1230. The molecule has 1 aliphatic heterocycles. The summed E-state index contributed by atoms with van der Waals surface area (Å²) in [5.74, 6) is -0.192. The highest BCUT2D eigenvalue weighted by Crippen LogP contribution is 2.32. The first-order valence-electron chi connectivity index (χ1n) is 11.4. The van der Waals surface area contributed by atoms with E-state index in [1.807, 2.05) is 24.0 Å². The first kappa shape index (κ1) is 22.9. The summed E-state index contributed by atoms with van der Waals surface area (Å²) in [4.78, 5) is 29.5. The number of nitrogens with two attached hydrogens (primary N) is 1. The fraction of sp³-hybridized carbons (Fsp3) is 0.478. The Morgan fingerprint density at radius 3 is 2.85 bits per heavy atom. The Morgan fingerprint density at radius 1 is 1.29 bits per heavy atom. The molecule has 180 valence electrons. The lowest BCUT2D eigenvalue weighted by molar-refractivity contribution is 0.0753. The number of amides is 1. The van der Waals surface area contributed by atoms with Crippen molar-refractivity contribution >= 4 is 39.1 Å². The molecule has 0 aromatic carbocycles. The number of likely N-dealkylation sites (N-methyl/N-ethyl adjacent to an activating group) is 1. The number of alkyl halides is 2. The Hall–Kier alpha value is -2.92. The summed E-state index contributed by atoms with van der Waals surface area (Å²) in [6.07, 6.45) is 1.39. The van der Waals surface area contributed by atoms with Gasteiger partial charge in [-0.25, -0.2) is 23.7 Å². The maximum Gasteiger partial charge on any atom is 0.263 e. The molecule has 8 nitrogen and oxygen atoms in total. The lowest BCUT2D eigenvalue weighted by Crippen LogP contribution is -2.39. The zero-order chi connectivity index (χ0) is 24.0. The lowest BCUT2D eigenvalue weighted by Gasteiger charge is -2.26. The van der Waals surface area contributed by atoms with Crippen LogP contribution in [-0.4, -0.2) is 59.5 Å². The number of nitrogens with zero attached hydrogens (tertiary/aromatic N) is 4. The fourth-order valence-corrected chi connectivity index (χ4v) is 5.87. The number of hydrogen-bond acceptors (Lipinski definition) is 8. The van der Waals surface area contributed by atoms with Crippen LogP contribution in [0.5, 0.6) is 0 Å². The zero-order valence-corrected chi connectivity index (χ0v) is 19.8. The van der Waals surface area contributed by atoms with E-state index in [1.54, 1.807) is 13.2 Å². The van der Waals surface area contributed by atoms with Crippen LogP contribution in [0.15, 0.2) is 18.3 Å². The van der Waals surface area contributed by atoms with Crippen LogP contribution in [0, 0.1) is 12.8 Å². The zero-order valence-electron chi connectivity index (χ0n) is 19.0. The van der Waals surface area contributed by atoms with E-state index < -0.39 is 12.3 Å². The molecule has 0 bridgehead atoms. The number of aromatic nitrogens is 3. The van der Waals surface area contributed by atoms with Crippen molar-refractivity contribution < 1.29 is 13.6 Å². The molecule has 0 saturated carbocycles. The molecule has 3 unspecified atom stereocenters. The van der Waals surface area contributed by atoms with Gasteiger partial charge in [0.2, 0.25) is 6.43 Å². The highest BCUT2D eigenvalue weighted by molar-refractivity contribution is 7.21. The van der Waals surface area contributed by atoms with Crippen molar-refractivity contribution in [2.24, 2.45) is 5.92 Å². The van der Waals surface area contributed by atoms with E-state index in [9.17, 15) is 13.6 Å². The first-order chi connectivity index (χ1) is 16.3. The SMILES string of the molecule is CNC1CN(c2ccc3c(n2)CCC(NC(=O)c2sc4nc(C)cnc4c2N)C3)CC1C(F)F. The van der Waals surface area contributed by atoms with Crippen LogP contribution in [0.3, 0.4) is 0 Å². The molecule has 1 aliphatic carbocycles. The van der Waals surface area contributed by atoms with Gasteiger partial charge in [-0.15, -0.1) is 11.3 Å². The van der Waals surface area contributed by atoms with Crippen LogP contribution in [-0.2, 0) is 12.8 Å². The van der Waals surface area contributed by atoms with E-state index in [0.29, 0.717) is 40.3 Å². The Labute approximate surface area is 200 Å². The average Bonchev–Trinajstić information content (AvgIpc) is 3.40. The molecule has 4 N–H and O–H groups in total. The number of rotatable bonds is 5. The monoisotopic (exact) mass is 487 g/mol. The third-order valence-corrected chi connectivity index (χ3v) is 7.82. The summed E-state index contributed by atoms with van der Waals surface area (Å²) in [6, 6.07) is 3.61. The number of pyridine rings is 1. The van der Waals surface area contributed by atoms with Crippen molar-refractivity contribution in [2.75, 3.05) is 30.8 Å². The maximum atomic E-state index is 13.4. The Balaban J connectivity index is 1.27. The second-order valence-corrected chi connectivity index (χ2v) is 10.00. The summed E-state index contributed by atoms with van der Waals surface area (Å²) in [5.41, 5.74) is 9.91. The van der Waals surface area contributed by atoms with Crippen molar-refractivity contribution in [2.45, 2.75) is 44.7 Å². The number of nitrogens with one attached hydrogen (secondary N) is 2. The third-order valence-electron chi connectivity index (χ3n) is 6.73. The highest BCUT2D eigenvalue weighted by atomic mass is 32.1. The van der Waals surface area contributed by atoms with E-state index in [0.717, 1.165) is 29.2 Å². The minimum Gasteiger partial charge on any atom is -0.396 e. The first-order valence-corrected chi connectivity index (χ1v) is 12.2. The summed E-state index contributed by atoms with van der Waals surface area (Å²) in [7, 11) is 1.72. The predicted octanol–water partition coefficient (Wildman–Crippen LogP) is 2.55. The van der Waals surface area contributed by atoms with Gasteiger partial charge in [-0.3, -0.25) is 4.79 Å². The van der Waals surface area contributed by atoms with Crippen molar-refractivity contribution in [3.05, 3.63) is 40.2 Å². The minimum absolute atomic E-state index is 0.0383. The molecule has 0 spiro atoms. The molecule has 0 radical (unpaired) electrons. The van der Waals surface area contributed by atoms with E-state index in [-0.39, 0.29) is 24.5 Å². The average molecular weight is 488 g/mol. The van der Waals surface area contributed by atoms with E-state index in [2.05, 4.69) is 20.6 Å². The molecule has 5 rings (SSSR count). The van der Waals surface area contributed by atoms with Gasteiger partial charge >= 0.3 is 0 Å². The second kappa shape index (κ2) is 9.03. The Kier molecular flexibility index (Phi) is 6.07.